The number of rotatable bonds is 8. The van der Waals surface area contributed by atoms with Crippen molar-refractivity contribution in [3.8, 4) is 0 Å². The van der Waals surface area contributed by atoms with Gasteiger partial charge in [-0.1, -0.05) is 0 Å². The van der Waals surface area contributed by atoms with E-state index in [2.05, 4.69) is 10.6 Å². The number of nitro benzene ring substituents is 1. The van der Waals surface area contributed by atoms with Crippen LogP contribution in [0.3, 0.4) is 0 Å². The van der Waals surface area contributed by atoms with E-state index in [0.717, 1.165) is 24.3 Å². The third-order valence-corrected chi connectivity index (χ3v) is 7.42. The molecule has 0 atom stereocenters. The zero-order valence-corrected chi connectivity index (χ0v) is 21.9. The Morgan fingerprint density at radius 2 is 1.41 bits per heavy atom. The average Bonchev–Trinajstić information content (AvgIpc) is 2.92. The number of carbonyl (C=O) groups is 1. The molecule has 1 saturated carbocycles. The Morgan fingerprint density at radius 1 is 0.854 bits per heavy atom. The Hall–Kier alpha value is -3.55. The second kappa shape index (κ2) is 12.5. The third kappa shape index (κ3) is 8.24. The van der Waals surface area contributed by atoms with Crippen molar-refractivity contribution in [2.45, 2.75) is 69.1 Å². The van der Waals surface area contributed by atoms with Gasteiger partial charge in [-0.3, -0.25) is 14.9 Å². The third-order valence-electron chi connectivity index (χ3n) is 7.42. The molecule has 0 spiro atoms. The van der Waals surface area contributed by atoms with Gasteiger partial charge in [-0.2, -0.15) is 26.3 Å². The summed E-state index contributed by atoms with van der Waals surface area (Å²) < 4.78 is 83.7. The number of nitrogens with zero attached hydrogens (tertiary/aromatic N) is 2. The first kappa shape index (κ1) is 30.4. The van der Waals surface area contributed by atoms with Crippen molar-refractivity contribution in [3.05, 3.63) is 63.7 Å². The molecule has 2 fully saturated rings. The molecular weight excluding hydrogens is 558 g/mol. The molecule has 0 aromatic heterocycles. The summed E-state index contributed by atoms with van der Waals surface area (Å²) >= 11 is 0. The van der Waals surface area contributed by atoms with Crippen LogP contribution in [0.5, 0.6) is 0 Å². The standard InChI is InChI=1S/C27H30F6N4O4/c28-26(29,30)17-1-3-18(4-2-17)34-20-11-13-36(14-12-20)25(38)16-41-22-8-5-19(6-9-22)35-21-7-10-24(37(39)40)23(15-21)27(31,32)33/h1-4,7,10,15,19-20,22,34-35H,5-6,8-9,11-14,16H2/t19-,22-. The monoisotopic (exact) mass is 588 g/mol. The van der Waals surface area contributed by atoms with Crippen molar-refractivity contribution in [2.24, 2.45) is 0 Å². The molecule has 2 aromatic carbocycles. The van der Waals surface area contributed by atoms with Gasteiger partial charge in [0.05, 0.1) is 16.6 Å². The molecule has 4 rings (SSSR count). The van der Waals surface area contributed by atoms with Gasteiger partial charge in [0.1, 0.15) is 12.2 Å². The van der Waals surface area contributed by atoms with Crippen LogP contribution in [0.4, 0.5) is 43.4 Å². The van der Waals surface area contributed by atoms with Crippen LogP contribution in [0.15, 0.2) is 42.5 Å². The topological polar surface area (TPSA) is 96.7 Å². The first-order chi connectivity index (χ1) is 19.3. The number of carbonyl (C=O) groups excluding carboxylic acids is 1. The highest BCUT2D eigenvalue weighted by atomic mass is 19.4. The number of ether oxygens (including phenoxy) is 1. The predicted molar refractivity (Wildman–Crippen MR) is 138 cm³/mol. The van der Waals surface area contributed by atoms with E-state index < -0.39 is 34.1 Å². The van der Waals surface area contributed by atoms with Crippen LogP contribution in [0.1, 0.15) is 49.7 Å². The largest absolute Gasteiger partial charge is 0.423 e. The molecule has 8 nitrogen and oxygen atoms in total. The molecule has 0 radical (unpaired) electrons. The van der Waals surface area contributed by atoms with E-state index >= 15 is 0 Å². The summed E-state index contributed by atoms with van der Waals surface area (Å²) in [4.78, 5) is 24.2. The quantitative estimate of drug-likeness (QED) is 0.208. The van der Waals surface area contributed by atoms with E-state index in [1.54, 1.807) is 4.90 Å². The molecule has 1 aliphatic heterocycles. The summed E-state index contributed by atoms with van der Waals surface area (Å²) in [5.74, 6) is -0.149. The number of benzene rings is 2. The van der Waals surface area contributed by atoms with E-state index in [9.17, 15) is 41.3 Å². The van der Waals surface area contributed by atoms with Gasteiger partial charge in [-0.15, -0.1) is 0 Å². The van der Waals surface area contributed by atoms with Crippen LogP contribution in [-0.4, -0.2) is 53.6 Å². The Balaban J connectivity index is 1.17. The molecule has 41 heavy (non-hydrogen) atoms. The number of piperidine rings is 1. The Labute approximate surface area is 232 Å². The molecule has 2 aromatic rings. The van der Waals surface area contributed by atoms with Gasteiger partial charge >= 0.3 is 12.4 Å². The minimum absolute atomic E-state index is 0.0300. The minimum atomic E-state index is -4.85. The van der Waals surface area contributed by atoms with E-state index in [0.29, 0.717) is 57.3 Å². The zero-order chi connectivity index (χ0) is 29.8. The highest BCUT2D eigenvalue weighted by Crippen LogP contribution is 2.38. The maximum absolute atomic E-state index is 13.2. The summed E-state index contributed by atoms with van der Waals surface area (Å²) in [6, 6.07) is 7.60. The van der Waals surface area contributed by atoms with Crippen molar-refractivity contribution in [1.29, 1.82) is 0 Å². The lowest BCUT2D eigenvalue weighted by Gasteiger charge is -2.34. The van der Waals surface area contributed by atoms with Crippen molar-refractivity contribution >= 4 is 23.0 Å². The molecule has 1 amide bonds. The normalized spacial score (nSPS) is 20.5. The molecule has 0 bridgehead atoms. The van der Waals surface area contributed by atoms with E-state index in [1.807, 2.05) is 0 Å². The lowest BCUT2D eigenvalue weighted by molar-refractivity contribution is -0.388. The molecule has 1 saturated heterocycles. The number of alkyl halides is 6. The van der Waals surface area contributed by atoms with Gasteiger partial charge in [-0.25, -0.2) is 0 Å². The Morgan fingerprint density at radius 3 is 1.98 bits per heavy atom. The summed E-state index contributed by atoms with van der Waals surface area (Å²) in [7, 11) is 0. The molecule has 1 heterocycles. The van der Waals surface area contributed by atoms with Crippen LogP contribution < -0.4 is 10.6 Å². The fraction of sp³-hybridized carbons (Fsp3) is 0.519. The first-order valence-corrected chi connectivity index (χ1v) is 13.2. The van der Waals surface area contributed by atoms with E-state index in [-0.39, 0.29) is 36.4 Å². The molecular formula is C27H30F6N4O4. The number of anilines is 2. The van der Waals surface area contributed by atoms with Gasteiger partial charge in [-0.05, 0) is 74.9 Å². The minimum Gasteiger partial charge on any atom is -0.382 e. The number of amides is 1. The van der Waals surface area contributed by atoms with Crippen LogP contribution in [-0.2, 0) is 21.9 Å². The second-order valence-corrected chi connectivity index (χ2v) is 10.3. The Kier molecular flexibility index (Phi) is 9.30. The summed E-state index contributed by atoms with van der Waals surface area (Å²) in [6.07, 6.45) is -5.73. The summed E-state index contributed by atoms with van der Waals surface area (Å²) in [6.45, 7) is 0.898. The van der Waals surface area contributed by atoms with Crippen molar-refractivity contribution in [3.63, 3.8) is 0 Å². The van der Waals surface area contributed by atoms with E-state index in [1.165, 1.54) is 18.2 Å². The lowest BCUT2D eigenvalue weighted by atomic mass is 9.92. The number of hydrogen-bond acceptors (Lipinski definition) is 6. The first-order valence-electron chi connectivity index (χ1n) is 13.2. The van der Waals surface area contributed by atoms with Crippen molar-refractivity contribution in [2.75, 3.05) is 30.3 Å². The molecule has 2 N–H and O–H groups in total. The average molecular weight is 589 g/mol. The highest BCUT2D eigenvalue weighted by molar-refractivity contribution is 5.77. The van der Waals surface area contributed by atoms with E-state index in [4.69, 9.17) is 4.74 Å². The number of hydrogen-bond donors (Lipinski definition) is 2. The van der Waals surface area contributed by atoms with Gasteiger partial charge < -0.3 is 20.3 Å². The number of nitrogens with one attached hydrogen (secondary N) is 2. The maximum atomic E-state index is 13.2. The molecule has 2 aliphatic rings. The summed E-state index contributed by atoms with van der Waals surface area (Å²) in [5, 5.41) is 17.2. The smallest absolute Gasteiger partial charge is 0.382 e. The van der Waals surface area contributed by atoms with Gasteiger partial charge in [0, 0.05) is 42.6 Å². The SMILES string of the molecule is O=C(CO[C@H]1CC[C@H](Nc2ccc([N+](=O)[O-])c(C(F)(F)F)c2)CC1)N1CCC(Nc2ccc(C(F)(F)F)cc2)CC1. The van der Waals surface area contributed by atoms with Crippen LogP contribution in [0.25, 0.3) is 0 Å². The maximum Gasteiger partial charge on any atom is 0.423 e. The van der Waals surface area contributed by atoms with Crippen LogP contribution in [0, 0.1) is 10.1 Å². The molecule has 0 unspecified atom stereocenters. The highest BCUT2D eigenvalue weighted by Gasteiger charge is 2.38. The fourth-order valence-corrected chi connectivity index (χ4v) is 5.17. The fourth-order valence-electron chi connectivity index (χ4n) is 5.17. The molecule has 224 valence electrons. The van der Waals surface area contributed by atoms with Crippen LogP contribution >= 0.6 is 0 Å². The van der Waals surface area contributed by atoms with Crippen LogP contribution in [0.2, 0.25) is 0 Å². The predicted octanol–water partition coefficient (Wildman–Crippen LogP) is 6.48. The van der Waals surface area contributed by atoms with Crippen molar-refractivity contribution in [1.82, 2.24) is 4.90 Å². The van der Waals surface area contributed by atoms with Gasteiger partial charge in [0.2, 0.25) is 5.91 Å². The Bertz CT molecular complexity index is 1210. The summed E-state index contributed by atoms with van der Waals surface area (Å²) in [5.41, 5.74) is -2.27. The zero-order valence-electron chi connectivity index (χ0n) is 21.9. The lowest BCUT2D eigenvalue weighted by Crippen LogP contribution is -2.44. The van der Waals surface area contributed by atoms with Gasteiger partial charge in [0.25, 0.3) is 5.69 Å². The molecule has 1 aliphatic carbocycles. The number of nitro groups is 1. The molecule has 14 heteroatoms. The number of halogens is 6. The number of likely N-dealkylation sites (tertiary alicyclic amines) is 1. The second-order valence-electron chi connectivity index (χ2n) is 10.3. The van der Waals surface area contributed by atoms with Gasteiger partial charge in [0.15, 0.2) is 0 Å². The van der Waals surface area contributed by atoms with Crippen molar-refractivity contribution < 1.29 is 40.8 Å².